The largest absolute Gasteiger partial charge is 0.399 e. The van der Waals surface area contributed by atoms with Gasteiger partial charge in [-0.2, -0.15) is 0 Å². The van der Waals surface area contributed by atoms with Crippen LogP contribution >= 0.6 is 0 Å². The van der Waals surface area contributed by atoms with E-state index in [2.05, 4.69) is 53.4 Å². The van der Waals surface area contributed by atoms with E-state index in [0.717, 1.165) is 13.1 Å². The molecule has 1 aliphatic heterocycles. The standard InChI is InChI=1S/C26H28F2N2/c1-26(28,15-19-12-23(27)14-24(29)13-19)16-20-17-30(18-20)25(21-8-4-2-5-9-21)22-10-6-3-7-11-22/h2-14,20,25H,15-18,29H2,1H3. The number of nitrogens with zero attached hydrogens (tertiary/aromatic N) is 1. The molecule has 0 spiro atoms. The molecule has 0 radical (unpaired) electrons. The summed E-state index contributed by atoms with van der Waals surface area (Å²) in [7, 11) is 0. The molecule has 2 nitrogen and oxygen atoms in total. The average Bonchev–Trinajstić information content (AvgIpc) is 2.66. The van der Waals surface area contributed by atoms with Crippen LogP contribution in [0.3, 0.4) is 0 Å². The molecule has 0 bridgehead atoms. The molecule has 2 N–H and O–H groups in total. The minimum absolute atomic E-state index is 0.173. The Morgan fingerprint density at radius 2 is 1.53 bits per heavy atom. The second-order valence-electron chi connectivity index (χ2n) is 8.73. The number of anilines is 1. The molecule has 1 aliphatic rings. The van der Waals surface area contributed by atoms with Crippen molar-refractivity contribution in [3.05, 3.63) is 101 Å². The number of benzene rings is 3. The van der Waals surface area contributed by atoms with E-state index in [-0.39, 0.29) is 18.4 Å². The first-order chi connectivity index (χ1) is 14.4. The number of rotatable bonds is 7. The summed E-state index contributed by atoms with van der Waals surface area (Å²) in [6.07, 6.45) is 0.627. The van der Waals surface area contributed by atoms with Gasteiger partial charge in [-0.25, -0.2) is 8.78 Å². The summed E-state index contributed by atoms with van der Waals surface area (Å²) in [4.78, 5) is 2.41. The van der Waals surface area contributed by atoms with Crippen LogP contribution in [0.1, 0.15) is 36.1 Å². The highest BCUT2D eigenvalue weighted by molar-refractivity contribution is 5.42. The Kier molecular flexibility index (Phi) is 5.87. The Bertz CT molecular complexity index is 907. The van der Waals surface area contributed by atoms with E-state index in [0.29, 0.717) is 17.7 Å². The van der Waals surface area contributed by atoms with Crippen LogP contribution in [0.5, 0.6) is 0 Å². The third kappa shape index (κ3) is 4.88. The number of alkyl halides is 1. The minimum Gasteiger partial charge on any atom is -0.399 e. The zero-order valence-corrected chi connectivity index (χ0v) is 17.3. The lowest BCUT2D eigenvalue weighted by Crippen LogP contribution is -2.50. The minimum atomic E-state index is -1.40. The molecule has 156 valence electrons. The summed E-state index contributed by atoms with van der Waals surface area (Å²) in [5.41, 5.74) is 7.76. The molecule has 4 rings (SSSR count). The van der Waals surface area contributed by atoms with Crippen LogP contribution < -0.4 is 5.73 Å². The first kappa shape index (κ1) is 20.5. The molecule has 3 aromatic carbocycles. The highest BCUT2D eigenvalue weighted by Crippen LogP contribution is 2.38. The third-order valence-corrected chi connectivity index (χ3v) is 5.85. The van der Waals surface area contributed by atoms with Gasteiger partial charge in [0.2, 0.25) is 0 Å². The topological polar surface area (TPSA) is 29.3 Å². The number of nitrogens with two attached hydrogens (primary N) is 1. The highest BCUT2D eigenvalue weighted by atomic mass is 19.1. The maximum Gasteiger partial charge on any atom is 0.125 e. The van der Waals surface area contributed by atoms with Crippen molar-refractivity contribution in [1.29, 1.82) is 0 Å². The molecule has 1 unspecified atom stereocenters. The van der Waals surface area contributed by atoms with E-state index >= 15 is 4.39 Å². The van der Waals surface area contributed by atoms with Gasteiger partial charge in [0, 0.05) is 25.2 Å². The summed E-state index contributed by atoms with van der Waals surface area (Å²) < 4.78 is 28.9. The van der Waals surface area contributed by atoms with Crippen molar-refractivity contribution < 1.29 is 8.78 Å². The van der Waals surface area contributed by atoms with Crippen molar-refractivity contribution in [2.45, 2.75) is 31.5 Å². The number of halogens is 2. The fraction of sp³-hybridized carbons (Fsp3) is 0.308. The third-order valence-electron chi connectivity index (χ3n) is 5.85. The van der Waals surface area contributed by atoms with Gasteiger partial charge in [0.05, 0.1) is 6.04 Å². The summed E-state index contributed by atoms with van der Waals surface area (Å²) in [5.74, 6) is -0.134. The van der Waals surface area contributed by atoms with Gasteiger partial charge in [0.25, 0.3) is 0 Å². The number of nitrogen functional groups attached to an aromatic ring is 1. The Balaban J connectivity index is 1.42. The molecule has 1 heterocycles. The molecule has 1 saturated heterocycles. The lowest BCUT2D eigenvalue weighted by atomic mass is 9.82. The molecule has 0 saturated carbocycles. The molecule has 3 aromatic rings. The van der Waals surface area contributed by atoms with Crippen molar-refractivity contribution in [3.8, 4) is 0 Å². The Labute approximate surface area is 177 Å². The van der Waals surface area contributed by atoms with Crippen LogP contribution in [0.2, 0.25) is 0 Å². The summed E-state index contributed by atoms with van der Waals surface area (Å²) in [6.45, 7) is 3.31. The van der Waals surface area contributed by atoms with Crippen LogP contribution in [-0.2, 0) is 6.42 Å². The van der Waals surface area contributed by atoms with Gasteiger partial charge in [-0.15, -0.1) is 0 Å². The molecule has 0 aromatic heterocycles. The second-order valence-corrected chi connectivity index (χ2v) is 8.73. The van der Waals surface area contributed by atoms with Crippen LogP contribution in [0.25, 0.3) is 0 Å². The quantitative estimate of drug-likeness (QED) is 0.503. The van der Waals surface area contributed by atoms with Gasteiger partial charge in [0.1, 0.15) is 11.5 Å². The summed E-state index contributed by atoms with van der Waals surface area (Å²) in [5, 5.41) is 0. The van der Waals surface area contributed by atoms with Crippen molar-refractivity contribution in [1.82, 2.24) is 4.90 Å². The first-order valence-electron chi connectivity index (χ1n) is 10.5. The zero-order valence-electron chi connectivity index (χ0n) is 17.3. The lowest BCUT2D eigenvalue weighted by molar-refractivity contribution is 0.0238. The number of likely N-dealkylation sites (tertiary alicyclic amines) is 1. The van der Waals surface area contributed by atoms with Crippen LogP contribution in [0.4, 0.5) is 14.5 Å². The fourth-order valence-electron chi connectivity index (χ4n) is 4.71. The van der Waals surface area contributed by atoms with E-state index in [1.54, 1.807) is 13.0 Å². The smallest absolute Gasteiger partial charge is 0.125 e. The molecule has 1 atom stereocenters. The van der Waals surface area contributed by atoms with E-state index in [1.165, 1.54) is 23.3 Å². The molecular weight excluding hydrogens is 378 g/mol. The van der Waals surface area contributed by atoms with E-state index in [9.17, 15) is 4.39 Å². The normalized spacial score (nSPS) is 16.9. The molecular formula is C26H28F2N2. The molecule has 0 amide bonds. The highest BCUT2D eigenvalue weighted by Gasteiger charge is 2.38. The van der Waals surface area contributed by atoms with Crippen molar-refractivity contribution in [3.63, 3.8) is 0 Å². The Morgan fingerprint density at radius 1 is 0.967 bits per heavy atom. The zero-order chi connectivity index (χ0) is 21.1. The van der Waals surface area contributed by atoms with E-state index < -0.39 is 11.5 Å². The van der Waals surface area contributed by atoms with Crippen molar-refractivity contribution in [2.24, 2.45) is 5.92 Å². The summed E-state index contributed by atoms with van der Waals surface area (Å²) in [6, 6.07) is 25.4. The number of hydrogen-bond donors (Lipinski definition) is 1. The number of hydrogen-bond acceptors (Lipinski definition) is 2. The lowest BCUT2D eigenvalue weighted by Gasteiger charge is -2.46. The molecule has 0 aliphatic carbocycles. The average molecular weight is 407 g/mol. The van der Waals surface area contributed by atoms with E-state index in [1.807, 2.05) is 12.1 Å². The monoisotopic (exact) mass is 406 g/mol. The molecule has 4 heteroatoms. The van der Waals surface area contributed by atoms with Gasteiger partial charge in [-0.3, -0.25) is 4.90 Å². The first-order valence-corrected chi connectivity index (χ1v) is 10.5. The Morgan fingerprint density at radius 3 is 2.07 bits per heavy atom. The predicted molar refractivity (Wildman–Crippen MR) is 118 cm³/mol. The molecule has 30 heavy (non-hydrogen) atoms. The maximum atomic E-state index is 15.3. The van der Waals surface area contributed by atoms with Crippen LogP contribution in [0, 0.1) is 11.7 Å². The fourth-order valence-corrected chi connectivity index (χ4v) is 4.71. The van der Waals surface area contributed by atoms with Gasteiger partial charge < -0.3 is 5.73 Å². The van der Waals surface area contributed by atoms with Crippen molar-refractivity contribution in [2.75, 3.05) is 18.8 Å². The van der Waals surface area contributed by atoms with Crippen molar-refractivity contribution >= 4 is 5.69 Å². The van der Waals surface area contributed by atoms with E-state index in [4.69, 9.17) is 5.73 Å². The van der Waals surface area contributed by atoms with Crippen LogP contribution in [-0.4, -0.2) is 23.7 Å². The summed E-state index contributed by atoms with van der Waals surface area (Å²) >= 11 is 0. The molecule has 1 fully saturated rings. The Hall–Kier alpha value is -2.72. The van der Waals surface area contributed by atoms with Gasteiger partial charge >= 0.3 is 0 Å². The SMILES string of the molecule is CC(F)(Cc1cc(N)cc(F)c1)CC1CN(C(c2ccccc2)c2ccccc2)C1. The maximum absolute atomic E-state index is 15.3. The van der Waals surface area contributed by atoms with Gasteiger partial charge in [-0.1, -0.05) is 60.7 Å². The van der Waals surface area contributed by atoms with Gasteiger partial charge in [0.15, 0.2) is 0 Å². The second kappa shape index (κ2) is 8.57. The predicted octanol–water partition coefficient (Wildman–Crippen LogP) is 5.79. The van der Waals surface area contributed by atoms with Gasteiger partial charge in [-0.05, 0) is 54.2 Å². The van der Waals surface area contributed by atoms with Crippen LogP contribution in [0.15, 0.2) is 78.9 Å².